The summed E-state index contributed by atoms with van der Waals surface area (Å²) in [5.74, 6) is -0.815. The third kappa shape index (κ3) is 4.09. The van der Waals surface area contributed by atoms with Crippen molar-refractivity contribution in [2.45, 2.75) is 37.3 Å². The molecule has 3 fully saturated rings. The summed E-state index contributed by atoms with van der Waals surface area (Å²) in [4.78, 5) is 47.5. The van der Waals surface area contributed by atoms with Crippen LogP contribution in [0.4, 0.5) is 11.4 Å². The van der Waals surface area contributed by atoms with E-state index in [0.29, 0.717) is 50.3 Å². The number of carbonyl (C=O) groups is 3. The number of hydrogen-bond acceptors (Lipinski definition) is 6. The van der Waals surface area contributed by atoms with Gasteiger partial charge < -0.3 is 15.1 Å². The number of nitrogens with one attached hydrogen (secondary N) is 1. The Kier molecular flexibility index (Phi) is 6.61. The van der Waals surface area contributed by atoms with Gasteiger partial charge in [-0.05, 0) is 62.6 Å². The molecule has 212 valence electrons. The van der Waals surface area contributed by atoms with Crippen LogP contribution in [0.5, 0.6) is 0 Å². The molecule has 0 unspecified atom stereocenters. The molecule has 40 heavy (non-hydrogen) atoms. The van der Waals surface area contributed by atoms with Crippen molar-refractivity contribution in [1.82, 2.24) is 15.1 Å². The van der Waals surface area contributed by atoms with Gasteiger partial charge in [-0.2, -0.15) is 0 Å². The molecule has 1 N–H and O–H groups in total. The Morgan fingerprint density at radius 1 is 1.00 bits per heavy atom. The molecular weight excluding hydrogens is 530 g/mol. The van der Waals surface area contributed by atoms with Crippen LogP contribution < -0.4 is 14.5 Å². The van der Waals surface area contributed by atoms with E-state index in [1.54, 1.807) is 34.1 Å². The minimum Gasteiger partial charge on any atom is -0.356 e. The van der Waals surface area contributed by atoms with Crippen molar-refractivity contribution in [1.29, 1.82) is 0 Å². The first-order chi connectivity index (χ1) is 19.1. The molecule has 3 amide bonds. The molecule has 3 saturated heterocycles. The molecule has 11 heteroatoms. The lowest BCUT2D eigenvalue weighted by Crippen LogP contribution is -2.57. The first kappa shape index (κ1) is 26.8. The van der Waals surface area contributed by atoms with Crippen LogP contribution in [0.3, 0.4) is 0 Å². The average molecular weight is 566 g/mol. The number of amides is 3. The van der Waals surface area contributed by atoms with Crippen molar-refractivity contribution < 1.29 is 22.8 Å². The maximum absolute atomic E-state index is 14.4. The maximum Gasteiger partial charge on any atom is 0.253 e. The van der Waals surface area contributed by atoms with Crippen LogP contribution >= 0.6 is 0 Å². The molecule has 4 heterocycles. The quantitative estimate of drug-likeness (QED) is 0.608. The second kappa shape index (κ2) is 9.88. The van der Waals surface area contributed by atoms with E-state index in [9.17, 15) is 22.8 Å². The first-order valence-electron chi connectivity index (χ1n) is 13.9. The van der Waals surface area contributed by atoms with E-state index < -0.39 is 21.5 Å². The van der Waals surface area contributed by atoms with Gasteiger partial charge in [-0.3, -0.25) is 23.6 Å². The number of hydrogen-bond donors (Lipinski definition) is 1. The number of sulfonamides is 1. The maximum atomic E-state index is 14.4. The van der Waals surface area contributed by atoms with Gasteiger partial charge in [0.2, 0.25) is 15.9 Å². The zero-order valence-corrected chi connectivity index (χ0v) is 23.7. The summed E-state index contributed by atoms with van der Waals surface area (Å²) in [5.41, 5.74) is 1.61. The van der Waals surface area contributed by atoms with Gasteiger partial charge in [0.05, 0.1) is 17.9 Å². The number of anilines is 2. The summed E-state index contributed by atoms with van der Waals surface area (Å²) in [7, 11) is -1.96. The van der Waals surface area contributed by atoms with Crippen LogP contribution in [-0.4, -0.2) is 88.0 Å². The zero-order chi connectivity index (χ0) is 28.2. The first-order valence-corrected chi connectivity index (χ1v) is 15.8. The third-order valence-electron chi connectivity index (χ3n) is 9.10. The van der Waals surface area contributed by atoms with Gasteiger partial charge in [0.15, 0.2) is 0 Å². The average Bonchev–Trinajstić information content (AvgIpc) is 3.60. The highest BCUT2D eigenvalue weighted by atomic mass is 32.2. The SMILES string of the molecule is CN(c1ccc(C(=O)N2CCCNC(=O)[C@@H]3C[C@@H]4CCCN4[C@@]34C(=O)N(CC2)c2ccccc24)cc1)S(C)(=O)=O. The van der Waals surface area contributed by atoms with Gasteiger partial charge in [-0.25, -0.2) is 8.42 Å². The molecule has 0 saturated carbocycles. The number of benzene rings is 2. The predicted molar refractivity (Wildman–Crippen MR) is 152 cm³/mol. The lowest BCUT2D eigenvalue weighted by Gasteiger charge is -2.38. The molecule has 0 aliphatic carbocycles. The number of para-hydroxylation sites is 1. The summed E-state index contributed by atoms with van der Waals surface area (Å²) in [6.45, 7) is 2.28. The number of nitrogens with zero attached hydrogens (tertiary/aromatic N) is 4. The van der Waals surface area contributed by atoms with E-state index in [2.05, 4.69) is 10.2 Å². The van der Waals surface area contributed by atoms with Gasteiger partial charge in [-0.15, -0.1) is 0 Å². The highest BCUT2D eigenvalue weighted by Crippen LogP contribution is 2.57. The number of fused-ring (bicyclic) bond motifs is 4. The van der Waals surface area contributed by atoms with Crippen LogP contribution in [0.1, 0.15) is 41.6 Å². The molecule has 0 radical (unpaired) electrons. The molecule has 10 nitrogen and oxygen atoms in total. The standard InChI is InChI=1S/C29H35N5O5S/c1-31(40(2,38)39)21-12-10-20(11-13-21)27(36)32-15-6-14-30-26(35)24-19-22-7-5-16-34(22)29(24)23-8-3-4-9-25(23)33(18-17-32)28(29)37/h3-4,8-13,22,24H,5-7,14-19H2,1-2H3,(H,30,35)/t22-,24-,29+/m0/s1. The Morgan fingerprint density at radius 2 is 1.75 bits per heavy atom. The van der Waals surface area contributed by atoms with Crippen LogP contribution in [0.25, 0.3) is 0 Å². The van der Waals surface area contributed by atoms with Crippen molar-refractivity contribution in [3.8, 4) is 0 Å². The zero-order valence-electron chi connectivity index (χ0n) is 22.9. The van der Waals surface area contributed by atoms with E-state index in [0.717, 1.165) is 41.2 Å². The Labute approximate surface area is 235 Å². The van der Waals surface area contributed by atoms with E-state index in [-0.39, 0.29) is 23.8 Å². The Balaban J connectivity index is 1.32. The number of carbonyl (C=O) groups excluding carboxylic acids is 3. The van der Waals surface area contributed by atoms with Crippen molar-refractivity contribution in [2.24, 2.45) is 5.92 Å². The van der Waals surface area contributed by atoms with Gasteiger partial charge in [0.1, 0.15) is 5.54 Å². The van der Waals surface area contributed by atoms with Crippen molar-refractivity contribution in [3.63, 3.8) is 0 Å². The fourth-order valence-corrected chi connectivity index (χ4v) is 7.62. The lowest BCUT2D eigenvalue weighted by atomic mass is 9.78. The Bertz CT molecular complexity index is 1460. The van der Waals surface area contributed by atoms with Crippen LogP contribution in [0, 0.1) is 5.92 Å². The second-order valence-corrected chi connectivity index (χ2v) is 13.2. The largest absolute Gasteiger partial charge is 0.356 e. The highest BCUT2D eigenvalue weighted by Gasteiger charge is 2.67. The van der Waals surface area contributed by atoms with Gasteiger partial charge in [-0.1, -0.05) is 18.2 Å². The van der Waals surface area contributed by atoms with Crippen molar-refractivity contribution >= 4 is 39.1 Å². The molecule has 6 rings (SSSR count). The molecule has 0 aromatic heterocycles. The molecule has 4 aliphatic rings. The summed E-state index contributed by atoms with van der Waals surface area (Å²) in [6.07, 6.45) is 4.38. The van der Waals surface area contributed by atoms with E-state index >= 15 is 0 Å². The fraction of sp³-hybridized carbons (Fsp3) is 0.483. The Morgan fingerprint density at radius 3 is 2.50 bits per heavy atom. The summed E-state index contributed by atoms with van der Waals surface area (Å²) < 4.78 is 25.0. The molecule has 2 aromatic carbocycles. The van der Waals surface area contributed by atoms with E-state index in [1.807, 2.05) is 24.3 Å². The summed E-state index contributed by atoms with van der Waals surface area (Å²) in [5, 5.41) is 3.09. The molecule has 4 aliphatic heterocycles. The highest BCUT2D eigenvalue weighted by molar-refractivity contribution is 7.92. The van der Waals surface area contributed by atoms with Crippen LogP contribution in [0.15, 0.2) is 48.5 Å². The number of rotatable bonds is 3. The predicted octanol–water partition coefficient (Wildman–Crippen LogP) is 1.77. The van der Waals surface area contributed by atoms with E-state index in [4.69, 9.17) is 0 Å². The summed E-state index contributed by atoms with van der Waals surface area (Å²) in [6, 6.07) is 14.5. The second-order valence-electron chi connectivity index (χ2n) is 11.2. The van der Waals surface area contributed by atoms with E-state index in [1.165, 1.54) is 7.05 Å². The van der Waals surface area contributed by atoms with Crippen molar-refractivity contribution in [2.75, 3.05) is 55.2 Å². The molecular formula is C29H35N5O5S. The van der Waals surface area contributed by atoms with Crippen LogP contribution in [-0.2, 0) is 25.2 Å². The monoisotopic (exact) mass is 565 g/mol. The van der Waals surface area contributed by atoms with Gasteiger partial charge >= 0.3 is 0 Å². The molecule has 3 atom stereocenters. The Hall–Kier alpha value is -3.44. The van der Waals surface area contributed by atoms with Gasteiger partial charge in [0.25, 0.3) is 11.8 Å². The van der Waals surface area contributed by atoms with Gasteiger partial charge in [0, 0.05) is 56.1 Å². The van der Waals surface area contributed by atoms with Crippen molar-refractivity contribution in [3.05, 3.63) is 59.7 Å². The summed E-state index contributed by atoms with van der Waals surface area (Å²) >= 11 is 0. The lowest BCUT2D eigenvalue weighted by molar-refractivity contribution is -0.139. The fourth-order valence-electron chi connectivity index (χ4n) is 7.11. The minimum atomic E-state index is -3.42. The third-order valence-corrected chi connectivity index (χ3v) is 10.3. The topological polar surface area (TPSA) is 110 Å². The normalized spacial score (nSPS) is 26.9. The molecule has 2 aromatic rings. The molecule has 2 bridgehead atoms. The smallest absolute Gasteiger partial charge is 0.253 e. The van der Waals surface area contributed by atoms with Crippen LogP contribution in [0.2, 0.25) is 0 Å². The minimum absolute atomic E-state index is 0.0700. The molecule has 1 spiro atoms.